The van der Waals surface area contributed by atoms with Crippen molar-refractivity contribution in [2.75, 3.05) is 82.8 Å². The maximum atomic E-state index is 14.0. The number of aliphatic hydroxyl groups excluding tert-OH is 6. The van der Waals surface area contributed by atoms with Gasteiger partial charge in [-0.25, -0.2) is 0 Å². The number of halogens is 1. The van der Waals surface area contributed by atoms with Crippen molar-refractivity contribution in [3.05, 3.63) is 178 Å². The highest BCUT2D eigenvalue weighted by atomic mass is 127. The number of fused-ring (bicyclic) bond motifs is 9. The van der Waals surface area contributed by atoms with Crippen molar-refractivity contribution in [1.29, 1.82) is 0 Å². The number of aromatic hydroxyl groups is 3. The van der Waals surface area contributed by atoms with Crippen molar-refractivity contribution >= 4 is 118 Å². The van der Waals surface area contributed by atoms with Crippen LogP contribution >= 0.6 is 22.6 Å². The van der Waals surface area contributed by atoms with E-state index >= 15 is 0 Å². The van der Waals surface area contributed by atoms with Crippen LogP contribution in [0.1, 0.15) is 78.9 Å². The van der Waals surface area contributed by atoms with Gasteiger partial charge in [0.1, 0.15) is 85.7 Å². The molecule has 124 heavy (non-hydrogen) atoms. The summed E-state index contributed by atoms with van der Waals surface area (Å²) in [5.41, 5.74) is 13.6. The maximum Gasteiger partial charge on any atom is 0.527 e. The second kappa shape index (κ2) is 36.2. The first-order chi connectivity index (χ1) is 58.5. The van der Waals surface area contributed by atoms with Crippen molar-refractivity contribution in [3.8, 4) is 39.9 Å². The first kappa shape index (κ1) is 92.9. The molecule has 0 spiro atoms. The Hall–Kier alpha value is -11.8. The van der Waals surface area contributed by atoms with Crippen molar-refractivity contribution < 1.29 is 147 Å². The highest BCUT2D eigenvalue weighted by Gasteiger charge is 2.68. The van der Waals surface area contributed by atoms with Gasteiger partial charge in [-0.15, -0.1) is 0 Å². The molecule has 9 aliphatic carbocycles. The van der Waals surface area contributed by atoms with Gasteiger partial charge in [-0.05, 0) is 192 Å². The molecule has 12 atom stereocenters. The summed E-state index contributed by atoms with van der Waals surface area (Å²) in [4.78, 5) is 143. The number of phenols is 3. The van der Waals surface area contributed by atoms with E-state index < -0.39 is 181 Å². The highest BCUT2D eigenvalue weighted by molar-refractivity contribution is 14.1. The monoisotopic (exact) mass is 1830 g/mol. The van der Waals surface area contributed by atoms with Crippen molar-refractivity contribution in [2.45, 2.75) is 80.0 Å². The molecule has 658 valence electrons. The number of likely N-dealkylation sites (N-methyl/N-ethyl adjacent to an activating group) is 3. The number of ketones is 6. The Morgan fingerprint density at radius 3 is 1.20 bits per heavy atom. The molecule has 9 aliphatic rings. The summed E-state index contributed by atoms with van der Waals surface area (Å²) in [6.07, 6.45) is 5.77. The molecule has 0 radical (unpaired) electrons. The fourth-order valence-electron chi connectivity index (χ4n) is 18.6. The van der Waals surface area contributed by atoms with E-state index in [1.54, 1.807) is 54.5 Å². The average molecular weight is 1830 g/mol. The summed E-state index contributed by atoms with van der Waals surface area (Å²) in [5, 5.41) is 153. The second-order valence-electron chi connectivity index (χ2n) is 31.6. The number of nitrogens with one attached hydrogen (secondary N) is 1. The van der Waals surface area contributed by atoms with Crippen LogP contribution in [0.2, 0.25) is 0 Å². The summed E-state index contributed by atoms with van der Waals surface area (Å²) in [5.74, 6) is -19.9. The first-order valence-electron chi connectivity index (χ1n) is 38.5. The zero-order valence-corrected chi connectivity index (χ0v) is 70.1. The number of phenolic OH excluding ortho intramolecular Hbond substituents is 3. The van der Waals surface area contributed by atoms with Crippen LogP contribution in [0.4, 0.5) is 0 Å². The molecule has 3 fully saturated rings. The molecular formula is C84H92BIN8O30. The average Bonchev–Trinajstić information content (AvgIpc) is 0.852. The first-order valence-corrected chi connectivity index (χ1v) is 39.6. The number of hydrogen-bond donors (Lipinski definition) is 19. The molecule has 0 unspecified atom stereocenters. The molecule has 23 N–H and O–H groups in total. The normalized spacial score (nSPS) is 25.3. The van der Waals surface area contributed by atoms with Crippen LogP contribution in [0.3, 0.4) is 0 Å². The number of hydrogen-bond acceptors (Lipinski definition) is 35. The summed E-state index contributed by atoms with van der Waals surface area (Å²) in [7, 11) is 10.8. The van der Waals surface area contributed by atoms with Gasteiger partial charge < -0.3 is 122 Å². The SMILES string of the molecule is CN(C)[C@@H]1C(=O)C(C(N)=O)=C(O)[C@@]2(O)C(=O)C3=C(O)c4c(O)ccc(-c5occc5C=O)c4C[C@H]3C[C@@H]12.CN(C)[C@@H]1C(=O)C(C(N)=O)=C(O)[C@@]2(O)C(=O)C3=C(O)c4c(O)ccc(I)c4C[C@H]3C[C@@H]12.COCCN.COCCNCc1ccoc1-c1ccc(O)c2c1C[C@H]1C[C@H]3[C@H](N(C)C)C(=O)C(C(N)=O)=C(O)[C@@]3(O)C(=O)C1=C2O.O=Cc1ccoc1B(O)O. The van der Waals surface area contributed by atoms with Gasteiger partial charge >= 0.3 is 7.12 Å². The largest absolute Gasteiger partial charge is 0.527 e. The highest BCUT2D eigenvalue weighted by Crippen LogP contribution is 2.58. The molecule has 0 aliphatic heterocycles. The molecule has 3 amide bonds. The van der Waals surface area contributed by atoms with Crippen molar-refractivity contribution in [2.24, 2.45) is 58.4 Å². The number of nitrogens with zero attached hydrogens (tertiary/aromatic N) is 3. The van der Waals surface area contributed by atoms with Gasteiger partial charge in [0.05, 0.1) is 77.9 Å². The molecule has 38 nitrogen and oxygen atoms in total. The lowest BCUT2D eigenvalue weighted by molar-refractivity contribution is -0.155. The van der Waals surface area contributed by atoms with Gasteiger partial charge in [0.15, 0.2) is 46.7 Å². The standard InChI is InChI=1S/C29H33N3O9.C26H24N2O9.C21H21IN2O7.C5H5BO4.C3H9NO/c1-32(2)22-17-11-14-10-16-15(25-13(6-8-41-25)12-31-7-9-40-3)4-5-18(33)20(16)23(34)19(14)26(36)29(17,39)27(37)21(24(22)35)28(30)38;1-28(2)19-14-8-11-7-13-12(22-10(9-29)5-6-37-22)3-4-15(30)17(13)20(31)16(11)23(33)26(14,36)24(34)18(21(19)32)25(27)35;1-24(2)15-9-6-7-5-8-10(22)3-4-11(25)13(8)16(26)12(7)18(28)21(9,31)19(29)14(17(15)27)20(23)30;7-3-4-1-2-10-5(4)6(8)9;1-5-3-2-4/h4-6,8,14,17,22,31,33-34,37,39H,7,9-12H2,1-3H3,(H2,30,38);3-6,9,11,14,19,30-31,34,36H,7-8H2,1-2H3,(H2,27,35);3-4,7,9,15,25-26,29,31H,5-6H2,1-2H3,(H2,23,30);1-3,8-9H;2-4H2,1H3/t14-,17-,22-,29-;11-,14-,19-,26-;7-,9-,15-,21-;;/m000../s1. The van der Waals surface area contributed by atoms with Crippen LogP contribution < -0.4 is 33.9 Å². The molecule has 3 aromatic heterocycles. The molecular weight excluding hydrogens is 1740 g/mol. The Morgan fingerprint density at radius 1 is 0.508 bits per heavy atom. The molecule has 0 bridgehead atoms. The van der Waals surface area contributed by atoms with Gasteiger partial charge in [-0.2, -0.15) is 0 Å². The van der Waals surface area contributed by atoms with E-state index in [-0.39, 0.29) is 105 Å². The third kappa shape index (κ3) is 15.5. The number of methoxy groups -OCH3 is 2. The van der Waals surface area contributed by atoms with E-state index in [1.165, 1.54) is 84.0 Å². The van der Waals surface area contributed by atoms with Crippen LogP contribution in [-0.4, -0.2) is 276 Å². The minimum absolute atomic E-state index is 0.00441. The van der Waals surface area contributed by atoms with E-state index in [0.717, 1.165) is 9.13 Å². The van der Waals surface area contributed by atoms with E-state index in [4.69, 9.17) is 46.6 Å². The van der Waals surface area contributed by atoms with Gasteiger partial charge in [-0.3, -0.25) is 67.4 Å². The smallest absolute Gasteiger partial charge is 0.508 e. The minimum atomic E-state index is -2.70. The number of furan rings is 3. The van der Waals surface area contributed by atoms with E-state index in [0.29, 0.717) is 85.4 Å². The van der Waals surface area contributed by atoms with E-state index in [1.807, 2.05) is 6.07 Å². The number of Topliss-reactive ketones (excluding diaryl/α,β-unsaturated/α-hetero) is 6. The van der Waals surface area contributed by atoms with Crippen molar-refractivity contribution in [1.82, 2.24) is 20.0 Å². The molecule has 15 rings (SSSR count). The zero-order chi connectivity index (χ0) is 91.4. The topological polar surface area (TPSA) is 655 Å². The number of aliphatic hydroxyl groups is 9. The fraction of sp³-hybridized carbons (Fsp3) is 0.369. The van der Waals surface area contributed by atoms with E-state index in [9.17, 15) is 114 Å². The second-order valence-corrected chi connectivity index (χ2v) is 32.7. The molecule has 40 heteroatoms. The number of ether oxygens (including phenoxy) is 2. The van der Waals surface area contributed by atoms with Crippen LogP contribution in [0, 0.1) is 39.1 Å². The number of primary amides is 3. The summed E-state index contributed by atoms with van der Waals surface area (Å²) >= 11 is 2.07. The minimum Gasteiger partial charge on any atom is -0.508 e. The number of rotatable bonds is 18. The Labute approximate surface area is 719 Å². The molecule has 3 heterocycles. The van der Waals surface area contributed by atoms with Gasteiger partial charge in [0.2, 0.25) is 17.3 Å². The summed E-state index contributed by atoms with van der Waals surface area (Å²) in [6, 6.07) is 10.2. The molecule has 3 aromatic carbocycles. The Kier molecular flexibility index (Phi) is 27.1. The Bertz CT molecular complexity index is 5630. The molecule has 3 saturated carbocycles. The lowest BCUT2D eigenvalue weighted by Crippen LogP contribution is -2.65. The van der Waals surface area contributed by atoms with E-state index in [2.05, 4.69) is 37.1 Å². The van der Waals surface area contributed by atoms with Gasteiger partial charge in [0.25, 0.3) is 17.7 Å². The predicted molar refractivity (Wildman–Crippen MR) is 445 cm³/mol. The van der Waals surface area contributed by atoms with Gasteiger partial charge in [0, 0.05) is 88.6 Å². The lowest BCUT2D eigenvalue weighted by atomic mass is 9.57. The predicted octanol–water partition coefficient (Wildman–Crippen LogP) is 0.929. The third-order valence-corrected chi connectivity index (χ3v) is 25.0. The summed E-state index contributed by atoms with van der Waals surface area (Å²) < 4.78 is 26.3. The lowest BCUT2D eigenvalue weighted by Gasteiger charge is -2.50. The maximum absolute atomic E-state index is 14.0. The van der Waals surface area contributed by atoms with Crippen LogP contribution in [-0.2, 0) is 78.4 Å². The number of nitrogens with two attached hydrogens (primary N) is 4. The molecule has 0 saturated heterocycles. The number of carbonyl (C=O) groups excluding carboxylic acids is 11. The van der Waals surface area contributed by atoms with Crippen LogP contribution in [0.15, 0.2) is 137 Å². The van der Waals surface area contributed by atoms with Crippen molar-refractivity contribution in [3.63, 3.8) is 0 Å². The Balaban J connectivity index is 0.000000168. The third-order valence-electron chi connectivity index (χ3n) is 24.0. The van der Waals surface area contributed by atoms with Gasteiger partial charge in [-0.1, -0.05) is 0 Å². The summed E-state index contributed by atoms with van der Waals surface area (Å²) in [6.45, 7) is 2.89. The quantitative estimate of drug-likeness (QED) is 0.0187. The fourth-order valence-corrected chi connectivity index (χ4v) is 19.3. The number of amides is 3. The number of benzene rings is 3. The Morgan fingerprint density at radius 2 is 0.855 bits per heavy atom. The number of aldehydes is 2. The van der Waals surface area contributed by atoms with Crippen LogP contribution in [0.25, 0.3) is 39.9 Å². The number of carbonyl (C=O) groups is 11. The van der Waals surface area contributed by atoms with Crippen LogP contribution in [0.5, 0.6) is 17.2 Å². The molecule has 6 aromatic rings. The zero-order valence-electron chi connectivity index (χ0n) is 68.0.